The molecule has 0 spiro atoms. The Hall–Kier alpha value is -1.42. The van der Waals surface area contributed by atoms with Crippen LogP contribution in [0.4, 0.5) is 4.39 Å². The van der Waals surface area contributed by atoms with Crippen LogP contribution >= 0.6 is 0 Å². The molecule has 0 aliphatic heterocycles. The minimum atomic E-state index is -0.422. The van der Waals surface area contributed by atoms with E-state index in [1.54, 1.807) is 25.2 Å². The second kappa shape index (κ2) is 5.77. The van der Waals surface area contributed by atoms with Crippen molar-refractivity contribution < 1.29 is 9.18 Å². The molecule has 0 fully saturated rings. The highest BCUT2D eigenvalue weighted by molar-refractivity contribution is 5.78. The highest BCUT2D eigenvalue weighted by Gasteiger charge is 2.24. The number of hydrogen-bond donors (Lipinski definition) is 2. The first kappa shape index (κ1) is 13.6. The number of hydrogen-bond acceptors (Lipinski definition) is 2. The zero-order chi connectivity index (χ0) is 12.9. The molecule has 0 heterocycles. The molecule has 0 saturated carbocycles. The van der Waals surface area contributed by atoms with Gasteiger partial charge in [-0.15, -0.1) is 0 Å². The Morgan fingerprint density at radius 3 is 2.59 bits per heavy atom. The number of benzene rings is 1. The van der Waals surface area contributed by atoms with Crippen LogP contribution in [-0.4, -0.2) is 26.0 Å². The van der Waals surface area contributed by atoms with Gasteiger partial charge in [0.05, 0.1) is 6.54 Å². The molecule has 1 rings (SSSR count). The minimum absolute atomic E-state index is 0.0862. The summed E-state index contributed by atoms with van der Waals surface area (Å²) < 4.78 is 13.6. The molecular weight excluding hydrogens is 219 g/mol. The maximum Gasteiger partial charge on any atom is 0.233 e. The van der Waals surface area contributed by atoms with Crippen LogP contribution in [0.1, 0.15) is 19.4 Å². The van der Waals surface area contributed by atoms with Crippen molar-refractivity contribution >= 4 is 5.91 Å². The van der Waals surface area contributed by atoms with E-state index in [4.69, 9.17) is 0 Å². The Kier molecular flexibility index (Phi) is 4.63. The van der Waals surface area contributed by atoms with Gasteiger partial charge in [-0.2, -0.15) is 0 Å². The molecule has 94 valence electrons. The first-order chi connectivity index (χ1) is 7.97. The van der Waals surface area contributed by atoms with E-state index in [1.165, 1.54) is 6.07 Å². The fraction of sp³-hybridized carbons (Fsp3) is 0.462. The molecule has 1 aromatic rings. The largest absolute Gasteiger partial charge is 0.354 e. The first-order valence-electron chi connectivity index (χ1n) is 5.63. The van der Waals surface area contributed by atoms with Gasteiger partial charge in [-0.1, -0.05) is 32.0 Å². The van der Waals surface area contributed by atoms with Crippen LogP contribution in [0.25, 0.3) is 0 Å². The monoisotopic (exact) mass is 238 g/mol. The fourth-order valence-electron chi connectivity index (χ4n) is 1.65. The Morgan fingerprint density at radius 2 is 2.00 bits per heavy atom. The molecule has 1 aromatic carbocycles. The third-order valence-electron chi connectivity index (χ3n) is 2.67. The van der Waals surface area contributed by atoms with Crippen molar-refractivity contribution in [3.63, 3.8) is 0 Å². The Labute approximate surface area is 101 Å². The van der Waals surface area contributed by atoms with Gasteiger partial charge in [0.1, 0.15) is 5.82 Å². The number of carbonyl (C=O) groups excluding carboxylic acids is 1. The predicted molar refractivity (Wildman–Crippen MR) is 66.4 cm³/mol. The van der Waals surface area contributed by atoms with Crippen LogP contribution in [0.5, 0.6) is 0 Å². The first-order valence-corrected chi connectivity index (χ1v) is 5.63. The van der Waals surface area contributed by atoms with Gasteiger partial charge < -0.3 is 10.6 Å². The molecule has 0 atom stereocenters. The molecule has 0 unspecified atom stereocenters. The van der Waals surface area contributed by atoms with Crippen molar-refractivity contribution in [2.75, 3.05) is 20.1 Å². The summed E-state index contributed by atoms with van der Waals surface area (Å²) in [4.78, 5) is 11.3. The molecule has 0 radical (unpaired) electrons. The number of likely N-dealkylation sites (N-methyl/N-ethyl adjacent to an activating group) is 1. The topological polar surface area (TPSA) is 41.1 Å². The number of halogens is 1. The van der Waals surface area contributed by atoms with Crippen LogP contribution in [-0.2, 0) is 10.2 Å². The molecular formula is C13H19FN2O. The van der Waals surface area contributed by atoms with E-state index in [1.807, 2.05) is 13.8 Å². The standard InChI is InChI=1S/C13H19FN2O/c1-13(2,9-16-12(17)8-15-3)10-6-4-5-7-11(10)14/h4-7,15H,8-9H2,1-3H3,(H,16,17). The van der Waals surface area contributed by atoms with Gasteiger partial charge in [-0.05, 0) is 18.7 Å². The molecule has 0 aliphatic carbocycles. The molecule has 4 heteroatoms. The average Bonchev–Trinajstić information content (AvgIpc) is 2.27. The van der Waals surface area contributed by atoms with E-state index in [0.29, 0.717) is 12.1 Å². The summed E-state index contributed by atoms with van der Waals surface area (Å²) in [6.07, 6.45) is 0. The Balaban J connectivity index is 2.69. The van der Waals surface area contributed by atoms with Crippen LogP contribution < -0.4 is 10.6 Å². The van der Waals surface area contributed by atoms with Gasteiger partial charge in [0.15, 0.2) is 0 Å². The summed E-state index contributed by atoms with van der Waals surface area (Å²) in [5, 5.41) is 5.55. The van der Waals surface area contributed by atoms with Gasteiger partial charge in [0.25, 0.3) is 0 Å². The summed E-state index contributed by atoms with van der Waals surface area (Å²) in [5.74, 6) is -0.322. The van der Waals surface area contributed by atoms with Gasteiger partial charge in [0, 0.05) is 12.0 Å². The number of rotatable bonds is 5. The zero-order valence-electron chi connectivity index (χ0n) is 10.5. The fourth-order valence-corrected chi connectivity index (χ4v) is 1.65. The van der Waals surface area contributed by atoms with Gasteiger partial charge in [-0.3, -0.25) is 4.79 Å². The third kappa shape index (κ3) is 3.82. The van der Waals surface area contributed by atoms with Gasteiger partial charge >= 0.3 is 0 Å². The lowest BCUT2D eigenvalue weighted by Gasteiger charge is -2.26. The van der Waals surface area contributed by atoms with Crippen LogP contribution in [0.2, 0.25) is 0 Å². The molecule has 2 N–H and O–H groups in total. The maximum absolute atomic E-state index is 13.6. The molecule has 0 saturated heterocycles. The van der Waals surface area contributed by atoms with E-state index >= 15 is 0 Å². The second-order valence-corrected chi connectivity index (χ2v) is 4.67. The molecule has 0 bridgehead atoms. The smallest absolute Gasteiger partial charge is 0.233 e. The van der Waals surface area contributed by atoms with Crippen LogP contribution in [0.3, 0.4) is 0 Å². The van der Waals surface area contributed by atoms with Gasteiger partial charge in [-0.25, -0.2) is 4.39 Å². The van der Waals surface area contributed by atoms with E-state index in [0.717, 1.165) is 0 Å². The molecule has 0 aromatic heterocycles. The maximum atomic E-state index is 13.6. The number of carbonyl (C=O) groups is 1. The van der Waals surface area contributed by atoms with E-state index in [-0.39, 0.29) is 18.3 Å². The normalized spacial score (nSPS) is 11.3. The molecule has 0 aliphatic rings. The number of nitrogens with one attached hydrogen (secondary N) is 2. The zero-order valence-corrected chi connectivity index (χ0v) is 10.5. The number of amides is 1. The summed E-state index contributed by atoms with van der Waals surface area (Å²) in [5.41, 5.74) is 0.194. The summed E-state index contributed by atoms with van der Waals surface area (Å²) in [7, 11) is 1.71. The second-order valence-electron chi connectivity index (χ2n) is 4.67. The predicted octanol–water partition coefficient (Wildman–Crippen LogP) is 1.44. The average molecular weight is 238 g/mol. The quantitative estimate of drug-likeness (QED) is 0.815. The SMILES string of the molecule is CNCC(=O)NCC(C)(C)c1ccccc1F. The van der Waals surface area contributed by atoms with E-state index in [2.05, 4.69) is 10.6 Å². The minimum Gasteiger partial charge on any atom is -0.354 e. The van der Waals surface area contributed by atoms with Crippen molar-refractivity contribution in [1.82, 2.24) is 10.6 Å². The van der Waals surface area contributed by atoms with Crippen molar-refractivity contribution in [2.24, 2.45) is 0 Å². The Morgan fingerprint density at radius 1 is 1.35 bits per heavy atom. The lowest BCUT2D eigenvalue weighted by atomic mass is 9.84. The summed E-state index contributed by atoms with van der Waals surface area (Å²) in [6.45, 7) is 4.50. The lowest BCUT2D eigenvalue weighted by Crippen LogP contribution is -2.40. The molecule has 3 nitrogen and oxygen atoms in total. The van der Waals surface area contributed by atoms with E-state index < -0.39 is 5.41 Å². The van der Waals surface area contributed by atoms with Crippen molar-refractivity contribution in [3.8, 4) is 0 Å². The molecule has 17 heavy (non-hydrogen) atoms. The lowest BCUT2D eigenvalue weighted by molar-refractivity contribution is -0.120. The summed E-state index contributed by atoms with van der Waals surface area (Å²) in [6, 6.07) is 6.65. The van der Waals surface area contributed by atoms with Crippen LogP contribution in [0.15, 0.2) is 24.3 Å². The van der Waals surface area contributed by atoms with Crippen molar-refractivity contribution in [2.45, 2.75) is 19.3 Å². The Bertz CT molecular complexity index is 391. The van der Waals surface area contributed by atoms with E-state index in [9.17, 15) is 9.18 Å². The van der Waals surface area contributed by atoms with Crippen molar-refractivity contribution in [1.29, 1.82) is 0 Å². The highest BCUT2D eigenvalue weighted by atomic mass is 19.1. The third-order valence-corrected chi connectivity index (χ3v) is 2.67. The van der Waals surface area contributed by atoms with Gasteiger partial charge in [0.2, 0.25) is 5.91 Å². The molecule has 1 amide bonds. The van der Waals surface area contributed by atoms with Crippen molar-refractivity contribution in [3.05, 3.63) is 35.6 Å². The summed E-state index contributed by atoms with van der Waals surface area (Å²) >= 11 is 0. The van der Waals surface area contributed by atoms with Crippen LogP contribution in [0, 0.1) is 5.82 Å². The highest BCUT2D eigenvalue weighted by Crippen LogP contribution is 2.24.